The second kappa shape index (κ2) is 4.50. The van der Waals surface area contributed by atoms with E-state index in [9.17, 15) is 4.79 Å². The molecule has 0 fully saturated rings. The Morgan fingerprint density at radius 3 is 2.54 bits per heavy atom. The highest BCUT2D eigenvalue weighted by Crippen LogP contribution is 2.08. The Hall–Kier alpha value is -1.51. The number of amides is 1. The summed E-state index contributed by atoms with van der Waals surface area (Å²) >= 11 is 0. The molecule has 0 spiro atoms. The standard InChI is InChI=1S/C10H14N2O/c1-2-9(10(11)13)12-8-6-4-3-5-7-8/h3-7,9,12H,2H2,1H3,(H2,11,13)/t9-/m1/s1. The van der Waals surface area contributed by atoms with Crippen molar-refractivity contribution >= 4 is 11.6 Å². The predicted molar refractivity (Wildman–Crippen MR) is 53.3 cm³/mol. The number of para-hydroxylation sites is 1. The molecule has 0 saturated heterocycles. The molecule has 1 amide bonds. The molecule has 70 valence electrons. The van der Waals surface area contributed by atoms with E-state index in [0.717, 1.165) is 5.69 Å². The summed E-state index contributed by atoms with van der Waals surface area (Å²) in [5.74, 6) is -0.314. The van der Waals surface area contributed by atoms with Crippen molar-refractivity contribution in [2.45, 2.75) is 19.4 Å². The van der Waals surface area contributed by atoms with Crippen LogP contribution in [0.25, 0.3) is 0 Å². The monoisotopic (exact) mass is 178 g/mol. The zero-order valence-corrected chi connectivity index (χ0v) is 7.66. The van der Waals surface area contributed by atoms with Crippen molar-refractivity contribution in [1.29, 1.82) is 0 Å². The molecule has 3 nitrogen and oxygen atoms in total. The van der Waals surface area contributed by atoms with Crippen LogP contribution in [0.1, 0.15) is 13.3 Å². The normalized spacial score (nSPS) is 12.1. The number of primary amides is 1. The maximum Gasteiger partial charge on any atom is 0.239 e. The molecule has 13 heavy (non-hydrogen) atoms. The molecule has 0 aliphatic rings. The summed E-state index contributed by atoms with van der Waals surface area (Å²) in [4.78, 5) is 10.9. The van der Waals surface area contributed by atoms with Gasteiger partial charge in [0.25, 0.3) is 0 Å². The van der Waals surface area contributed by atoms with Crippen molar-refractivity contribution in [3.63, 3.8) is 0 Å². The van der Waals surface area contributed by atoms with Gasteiger partial charge in [-0.05, 0) is 18.6 Å². The van der Waals surface area contributed by atoms with Gasteiger partial charge in [0.2, 0.25) is 5.91 Å². The van der Waals surface area contributed by atoms with E-state index in [1.54, 1.807) is 0 Å². The van der Waals surface area contributed by atoms with Gasteiger partial charge in [0, 0.05) is 5.69 Å². The third-order valence-corrected chi connectivity index (χ3v) is 1.87. The topological polar surface area (TPSA) is 55.1 Å². The highest BCUT2D eigenvalue weighted by atomic mass is 16.1. The molecule has 3 N–H and O–H groups in total. The zero-order valence-electron chi connectivity index (χ0n) is 7.66. The number of nitrogens with one attached hydrogen (secondary N) is 1. The van der Waals surface area contributed by atoms with Crippen LogP contribution in [0.2, 0.25) is 0 Å². The van der Waals surface area contributed by atoms with Gasteiger partial charge in [0.15, 0.2) is 0 Å². The Labute approximate surface area is 77.9 Å². The lowest BCUT2D eigenvalue weighted by Gasteiger charge is -2.13. The number of benzene rings is 1. The van der Waals surface area contributed by atoms with E-state index in [4.69, 9.17) is 5.73 Å². The van der Waals surface area contributed by atoms with Crippen LogP contribution in [0.3, 0.4) is 0 Å². The van der Waals surface area contributed by atoms with Gasteiger partial charge >= 0.3 is 0 Å². The van der Waals surface area contributed by atoms with Crippen molar-refractivity contribution in [2.24, 2.45) is 5.73 Å². The van der Waals surface area contributed by atoms with Crippen LogP contribution in [0.15, 0.2) is 30.3 Å². The van der Waals surface area contributed by atoms with Gasteiger partial charge in [-0.15, -0.1) is 0 Å². The van der Waals surface area contributed by atoms with Crippen molar-refractivity contribution in [2.75, 3.05) is 5.32 Å². The number of hydrogen-bond acceptors (Lipinski definition) is 2. The first kappa shape index (κ1) is 9.58. The minimum Gasteiger partial charge on any atom is -0.374 e. The second-order valence-electron chi connectivity index (χ2n) is 2.87. The van der Waals surface area contributed by atoms with Gasteiger partial charge in [-0.2, -0.15) is 0 Å². The molecule has 1 aromatic rings. The Morgan fingerprint density at radius 1 is 1.46 bits per heavy atom. The predicted octanol–water partition coefficient (Wildman–Crippen LogP) is 1.36. The SMILES string of the molecule is CC[C@@H](Nc1ccccc1)C(N)=O. The van der Waals surface area contributed by atoms with Crippen LogP contribution in [0.4, 0.5) is 5.69 Å². The molecule has 1 atom stereocenters. The summed E-state index contributed by atoms with van der Waals surface area (Å²) in [6.07, 6.45) is 0.699. The van der Waals surface area contributed by atoms with Crippen LogP contribution in [-0.4, -0.2) is 11.9 Å². The van der Waals surface area contributed by atoms with Crippen LogP contribution in [0, 0.1) is 0 Å². The summed E-state index contributed by atoms with van der Waals surface area (Å²) in [7, 11) is 0. The van der Waals surface area contributed by atoms with Crippen LogP contribution >= 0.6 is 0 Å². The first-order valence-electron chi connectivity index (χ1n) is 4.35. The molecule has 0 bridgehead atoms. The molecule has 0 saturated carbocycles. The Balaban J connectivity index is 2.62. The summed E-state index contributed by atoms with van der Waals surface area (Å²) in [5, 5.41) is 3.05. The lowest BCUT2D eigenvalue weighted by atomic mass is 10.2. The fourth-order valence-electron chi connectivity index (χ4n) is 1.11. The van der Waals surface area contributed by atoms with Crippen molar-refractivity contribution in [1.82, 2.24) is 0 Å². The minimum atomic E-state index is -0.314. The molecule has 1 aromatic carbocycles. The zero-order chi connectivity index (χ0) is 9.68. The highest BCUT2D eigenvalue weighted by Gasteiger charge is 2.11. The molecular formula is C10H14N2O. The van der Waals surface area contributed by atoms with Crippen LogP contribution < -0.4 is 11.1 Å². The fraction of sp³-hybridized carbons (Fsp3) is 0.300. The number of anilines is 1. The molecule has 0 unspecified atom stereocenters. The Morgan fingerprint density at radius 2 is 2.08 bits per heavy atom. The molecule has 0 aromatic heterocycles. The smallest absolute Gasteiger partial charge is 0.239 e. The number of rotatable bonds is 4. The van der Waals surface area contributed by atoms with Gasteiger partial charge in [0.1, 0.15) is 6.04 Å². The maximum absolute atomic E-state index is 10.9. The van der Waals surface area contributed by atoms with Crippen molar-refractivity contribution < 1.29 is 4.79 Å². The molecule has 3 heteroatoms. The summed E-state index contributed by atoms with van der Waals surface area (Å²) < 4.78 is 0. The first-order chi connectivity index (χ1) is 6.24. The lowest BCUT2D eigenvalue weighted by Crippen LogP contribution is -2.34. The van der Waals surface area contributed by atoms with Crippen LogP contribution in [0.5, 0.6) is 0 Å². The van der Waals surface area contributed by atoms with Gasteiger partial charge < -0.3 is 11.1 Å². The summed E-state index contributed by atoms with van der Waals surface area (Å²) in [6, 6.07) is 9.29. The Kier molecular flexibility index (Phi) is 3.31. The number of carbonyl (C=O) groups is 1. The van der Waals surface area contributed by atoms with Gasteiger partial charge in [-0.3, -0.25) is 4.79 Å². The van der Waals surface area contributed by atoms with E-state index in [2.05, 4.69) is 5.32 Å². The average molecular weight is 178 g/mol. The fourth-order valence-corrected chi connectivity index (χ4v) is 1.11. The number of nitrogens with two attached hydrogens (primary N) is 1. The maximum atomic E-state index is 10.9. The van der Waals surface area contributed by atoms with E-state index < -0.39 is 0 Å². The first-order valence-corrected chi connectivity index (χ1v) is 4.35. The van der Waals surface area contributed by atoms with Gasteiger partial charge in [0.05, 0.1) is 0 Å². The highest BCUT2D eigenvalue weighted by molar-refractivity contribution is 5.82. The van der Waals surface area contributed by atoms with E-state index in [1.165, 1.54) is 0 Å². The largest absolute Gasteiger partial charge is 0.374 e. The third kappa shape index (κ3) is 2.78. The number of carbonyl (C=O) groups excluding carboxylic acids is 1. The lowest BCUT2D eigenvalue weighted by molar-refractivity contribution is -0.118. The molecule has 0 radical (unpaired) electrons. The van der Waals surface area contributed by atoms with Crippen molar-refractivity contribution in [3.8, 4) is 0 Å². The second-order valence-corrected chi connectivity index (χ2v) is 2.87. The Bertz CT molecular complexity index is 272. The van der Waals surface area contributed by atoms with Gasteiger partial charge in [-0.1, -0.05) is 25.1 Å². The summed E-state index contributed by atoms with van der Waals surface area (Å²) in [6.45, 7) is 1.92. The molecule has 0 heterocycles. The van der Waals surface area contributed by atoms with E-state index in [-0.39, 0.29) is 11.9 Å². The van der Waals surface area contributed by atoms with E-state index in [0.29, 0.717) is 6.42 Å². The van der Waals surface area contributed by atoms with E-state index in [1.807, 2.05) is 37.3 Å². The number of hydrogen-bond donors (Lipinski definition) is 2. The quantitative estimate of drug-likeness (QED) is 0.731. The summed E-state index contributed by atoms with van der Waals surface area (Å²) in [5.41, 5.74) is 6.12. The van der Waals surface area contributed by atoms with E-state index >= 15 is 0 Å². The third-order valence-electron chi connectivity index (χ3n) is 1.87. The molecular weight excluding hydrogens is 164 g/mol. The van der Waals surface area contributed by atoms with Crippen molar-refractivity contribution in [3.05, 3.63) is 30.3 Å². The minimum absolute atomic E-state index is 0.276. The molecule has 0 aliphatic carbocycles. The van der Waals surface area contributed by atoms with Gasteiger partial charge in [-0.25, -0.2) is 0 Å². The molecule has 0 aliphatic heterocycles. The van der Waals surface area contributed by atoms with Crippen LogP contribution in [-0.2, 0) is 4.79 Å². The average Bonchev–Trinajstić information content (AvgIpc) is 2.15. The molecule has 1 rings (SSSR count).